The molecule has 30 heavy (non-hydrogen) atoms. The Morgan fingerprint density at radius 2 is 1.50 bits per heavy atom. The fraction of sp³-hybridized carbons (Fsp3) is 0.0909. The molecule has 0 fully saturated rings. The summed E-state index contributed by atoms with van der Waals surface area (Å²) in [6, 6.07) is 10.4. The van der Waals surface area contributed by atoms with Crippen LogP contribution in [0.15, 0.2) is 48.5 Å². The number of ether oxygens (including phenoxy) is 1. The maximum absolute atomic E-state index is 12.6. The van der Waals surface area contributed by atoms with Gasteiger partial charge in [0.2, 0.25) is 5.78 Å². The monoisotopic (exact) mass is 408 g/mol. The van der Waals surface area contributed by atoms with E-state index in [9.17, 15) is 35.1 Å². The largest absolute Gasteiger partial charge is 0.508 e. The Balaban J connectivity index is 1.81. The van der Waals surface area contributed by atoms with E-state index in [0.29, 0.717) is 6.29 Å². The summed E-state index contributed by atoms with van der Waals surface area (Å²) in [4.78, 5) is 23.7. The molecule has 2 atom stereocenters. The lowest BCUT2D eigenvalue weighted by molar-refractivity contribution is 0.0211. The minimum atomic E-state index is -1.67. The Bertz CT molecular complexity index is 1180. The number of phenolic OH excluding ortho intramolecular Hbond substituents is 4. The Kier molecular flexibility index (Phi) is 4.56. The highest BCUT2D eigenvalue weighted by Gasteiger charge is 2.39. The second-order valence-corrected chi connectivity index (χ2v) is 6.86. The molecule has 0 saturated carbocycles. The molecule has 0 unspecified atom stereocenters. The van der Waals surface area contributed by atoms with Crippen molar-refractivity contribution in [3.63, 3.8) is 0 Å². The van der Waals surface area contributed by atoms with Crippen molar-refractivity contribution in [2.45, 2.75) is 12.2 Å². The minimum absolute atomic E-state index is 0.103. The third-order valence-electron chi connectivity index (χ3n) is 4.92. The number of fused-ring (bicyclic) bond motifs is 1. The average molecular weight is 408 g/mol. The van der Waals surface area contributed by atoms with Gasteiger partial charge in [-0.05, 0) is 35.9 Å². The number of aliphatic hydroxyl groups is 1. The highest BCUT2D eigenvalue weighted by Crippen LogP contribution is 2.44. The number of phenols is 4. The van der Waals surface area contributed by atoms with Crippen molar-refractivity contribution in [1.29, 1.82) is 0 Å². The highest BCUT2D eigenvalue weighted by molar-refractivity contribution is 6.05. The predicted octanol–water partition coefficient (Wildman–Crippen LogP) is 2.67. The first-order chi connectivity index (χ1) is 14.3. The van der Waals surface area contributed by atoms with E-state index in [1.165, 1.54) is 36.4 Å². The van der Waals surface area contributed by atoms with E-state index in [1.54, 1.807) is 0 Å². The second-order valence-electron chi connectivity index (χ2n) is 6.86. The Labute approximate surface area is 169 Å². The van der Waals surface area contributed by atoms with Crippen LogP contribution in [0.5, 0.6) is 28.7 Å². The van der Waals surface area contributed by atoms with Crippen LogP contribution in [0.2, 0.25) is 0 Å². The fourth-order valence-corrected chi connectivity index (χ4v) is 3.45. The van der Waals surface area contributed by atoms with Crippen LogP contribution in [0.3, 0.4) is 0 Å². The topological polar surface area (TPSA) is 145 Å². The van der Waals surface area contributed by atoms with Crippen molar-refractivity contribution in [3.05, 3.63) is 65.2 Å². The van der Waals surface area contributed by atoms with Crippen molar-refractivity contribution < 1.29 is 39.9 Å². The summed E-state index contributed by atoms with van der Waals surface area (Å²) in [6.45, 7) is 0. The summed E-state index contributed by atoms with van der Waals surface area (Å²) >= 11 is 0. The van der Waals surface area contributed by atoms with E-state index in [1.807, 2.05) is 0 Å². The maximum atomic E-state index is 12.6. The van der Waals surface area contributed by atoms with Gasteiger partial charge >= 0.3 is 0 Å². The van der Waals surface area contributed by atoms with Gasteiger partial charge in [0, 0.05) is 28.8 Å². The van der Waals surface area contributed by atoms with E-state index in [0.717, 1.165) is 12.1 Å². The molecule has 1 aliphatic rings. The number of hydrogen-bond acceptors (Lipinski definition) is 8. The first-order valence-electron chi connectivity index (χ1n) is 8.86. The molecular weight excluding hydrogens is 392 g/mol. The second kappa shape index (κ2) is 7.09. The first-order valence-corrected chi connectivity index (χ1v) is 8.86. The lowest BCUT2D eigenvalue weighted by Crippen LogP contribution is -2.36. The zero-order chi connectivity index (χ0) is 21.6. The lowest BCUT2D eigenvalue weighted by atomic mass is 9.90. The van der Waals surface area contributed by atoms with Gasteiger partial charge in [-0.2, -0.15) is 0 Å². The third kappa shape index (κ3) is 3.09. The van der Waals surface area contributed by atoms with Crippen molar-refractivity contribution >= 4 is 12.1 Å². The Morgan fingerprint density at radius 3 is 2.20 bits per heavy atom. The summed E-state index contributed by atoms with van der Waals surface area (Å²) in [7, 11) is 0. The van der Waals surface area contributed by atoms with E-state index < -0.39 is 23.7 Å². The van der Waals surface area contributed by atoms with Crippen LogP contribution in [0, 0.1) is 0 Å². The highest BCUT2D eigenvalue weighted by atomic mass is 16.5. The van der Waals surface area contributed by atoms with Crippen LogP contribution in [0.25, 0.3) is 11.1 Å². The SMILES string of the molecule is O=Cc1ccc(O)c(-c2cc([C@@H]3Oc4cc(O)cc(O)c4C(=O)[C@@H]3O)ccc2O)c1. The van der Waals surface area contributed by atoms with Crippen LogP contribution >= 0.6 is 0 Å². The van der Waals surface area contributed by atoms with Gasteiger partial charge in [0.05, 0.1) is 0 Å². The molecule has 0 amide bonds. The Hall–Kier alpha value is -4.04. The molecular formula is C22H16O8. The van der Waals surface area contributed by atoms with E-state index in [4.69, 9.17) is 4.74 Å². The fourth-order valence-electron chi connectivity index (χ4n) is 3.45. The molecule has 0 aliphatic carbocycles. The quantitative estimate of drug-likeness (QED) is 0.416. The van der Waals surface area contributed by atoms with Gasteiger partial charge in [0.15, 0.2) is 12.2 Å². The number of Topliss-reactive ketones (excluding diaryl/α,β-unsaturated/α-hetero) is 1. The zero-order valence-corrected chi connectivity index (χ0v) is 15.3. The molecule has 0 radical (unpaired) electrons. The van der Waals surface area contributed by atoms with Crippen LogP contribution in [-0.4, -0.2) is 43.7 Å². The standard InChI is InChI=1S/C22H16O8/c23-9-10-1-3-15(25)13(5-10)14-6-11(2-4-16(14)26)22-21(29)20(28)19-17(27)7-12(24)8-18(19)30-22/h1-9,21-22,24-27,29H/t21-,22-/m0/s1. The van der Waals surface area contributed by atoms with Crippen molar-refractivity contribution in [1.82, 2.24) is 0 Å². The number of aromatic hydroxyl groups is 4. The van der Waals surface area contributed by atoms with Gasteiger partial charge in [-0.1, -0.05) is 6.07 Å². The van der Waals surface area contributed by atoms with Gasteiger partial charge in [0.25, 0.3) is 0 Å². The molecule has 3 aromatic rings. The average Bonchev–Trinajstić information content (AvgIpc) is 2.71. The number of benzene rings is 3. The molecule has 5 N–H and O–H groups in total. The molecule has 0 aromatic heterocycles. The van der Waals surface area contributed by atoms with Crippen molar-refractivity contribution in [2.75, 3.05) is 0 Å². The minimum Gasteiger partial charge on any atom is -0.508 e. The van der Waals surface area contributed by atoms with Gasteiger partial charge < -0.3 is 30.3 Å². The van der Waals surface area contributed by atoms with Crippen LogP contribution in [-0.2, 0) is 0 Å². The lowest BCUT2D eigenvalue weighted by Gasteiger charge is -2.30. The summed E-state index contributed by atoms with van der Waals surface area (Å²) < 4.78 is 5.68. The molecule has 0 saturated heterocycles. The molecule has 4 rings (SSSR count). The zero-order valence-electron chi connectivity index (χ0n) is 15.3. The summed E-state index contributed by atoms with van der Waals surface area (Å²) in [5, 5.41) is 50.6. The normalized spacial score (nSPS) is 17.8. The summed E-state index contributed by atoms with van der Waals surface area (Å²) in [6.07, 6.45) is -2.28. The number of aldehydes is 1. The summed E-state index contributed by atoms with van der Waals surface area (Å²) in [5.74, 6) is -2.13. The molecule has 8 nitrogen and oxygen atoms in total. The first kappa shape index (κ1) is 19.3. The van der Waals surface area contributed by atoms with E-state index in [2.05, 4.69) is 0 Å². The van der Waals surface area contributed by atoms with E-state index >= 15 is 0 Å². The van der Waals surface area contributed by atoms with Crippen molar-refractivity contribution in [2.24, 2.45) is 0 Å². The van der Waals surface area contributed by atoms with Gasteiger partial charge in [-0.15, -0.1) is 0 Å². The summed E-state index contributed by atoms with van der Waals surface area (Å²) in [5.41, 5.74) is 0.643. The van der Waals surface area contributed by atoms with Crippen LogP contribution < -0.4 is 4.74 Å². The molecule has 1 aliphatic heterocycles. The number of ketones is 1. The molecule has 152 valence electrons. The van der Waals surface area contributed by atoms with Gasteiger partial charge in [-0.25, -0.2) is 0 Å². The van der Waals surface area contributed by atoms with Crippen LogP contribution in [0.1, 0.15) is 32.4 Å². The molecule has 1 heterocycles. The third-order valence-corrected chi connectivity index (χ3v) is 4.92. The van der Waals surface area contributed by atoms with Gasteiger partial charge in [0.1, 0.15) is 40.6 Å². The smallest absolute Gasteiger partial charge is 0.202 e. The molecule has 0 spiro atoms. The number of rotatable bonds is 3. The molecule has 8 heteroatoms. The number of aliphatic hydroxyl groups excluding tert-OH is 1. The Morgan fingerprint density at radius 1 is 0.833 bits per heavy atom. The predicted molar refractivity (Wildman–Crippen MR) is 104 cm³/mol. The molecule has 3 aromatic carbocycles. The maximum Gasteiger partial charge on any atom is 0.202 e. The van der Waals surface area contributed by atoms with Gasteiger partial charge in [-0.3, -0.25) is 9.59 Å². The van der Waals surface area contributed by atoms with E-state index in [-0.39, 0.29) is 50.8 Å². The van der Waals surface area contributed by atoms with Crippen LogP contribution in [0.4, 0.5) is 0 Å². The number of carbonyl (C=O) groups excluding carboxylic acids is 2. The molecule has 0 bridgehead atoms. The number of hydrogen-bond donors (Lipinski definition) is 5. The van der Waals surface area contributed by atoms with Crippen molar-refractivity contribution in [3.8, 4) is 39.9 Å². The number of carbonyl (C=O) groups is 2.